The summed E-state index contributed by atoms with van der Waals surface area (Å²) in [7, 11) is 0. The number of benzene rings is 3. The highest BCUT2D eigenvalue weighted by molar-refractivity contribution is 5.94. The van der Waals surface area contributed by atoms with Gasteiger partial charge in [0.1, 0.15) is 11.5 Å². The van der Waals surface area contributed by atoms with E-state index in [1.165, 1.54) is 43.5 Å². The predicted molar refractivity (Wildman–Crippen MR) is 148 cm³/mol. The van der Waals surface area contributed by atoms with Gasteiger partial charge in [-0.25, -0.2) is 4.79 Å². The number of amides is 1. The minimum atomic E-state index is -0.517. The van der Waals surface area contributed by atoms with Gasteiger partial charge in [-0.05, 0) is 60.5 Å². The van der Waals surface area contributed by atoms with Crippen molar-refractivity contribution in [3.05, 3.63) is 99.6 Å². The molecule has 0 radical (unpaired) electrons. The number of nitrogens with zero attached hydrogens (tertiary/aromatic N) is 1. The zero-order valence-electron chi connectivity index (χ0n) is 22.3. The van der Waals surface area contributed by atoms with E-state index in [1.807, 2.05) is 13.8 Å². The van der Waals surface area contributed by atoms with Gasteiger partial charge in [0.15, 0.2) is 0 Å². The van der Waals surface area contributed by atoms with E-state index in [1.54, 1.807) is 48.5 Å². The van der Waals surface area contributed by atoms with E-state index in [2.05, 4.69) is 12.2 Å². The number of nitro benzene ring substituents is 1. The van der Waals surface area contributed by atoms with E-state index >= 15 is 0 Å². The standard InChI is InChI=1S/C28H30N2O6.C2H6/c1-2-3-4-5-6-19-35-25-17-11-23(12-18-25)28(32)36-26-15-7-21(8-16-26)20-29-27(31)22-9-13-24(14-10-22)30(33)34;1-2/h7-18H,2-6,19-20H2,1H3,(H,29,31);1-2H3. The lowest BCUT2D eigenvalue weighted by Crippen LogP contribution is -2.22. The van der Waals surface area contributed by atoms with E-state index in [4.69, 9.17) is 9.47 Å². The molecule has 0 spiro atoms. The second-order valence-corrected chi connectivity index (χ2v) is 8.31. The lowest BCUT2D eigenvalue weighted by Gasteiger charge is -2.09. The lowest BCUT2D eigenvalue weighted by atomic mass is 10.1. The quantitative estimate of drug-likeness (QED) is 0.0845. The molecule has 38 heavy (non-hydrogen) atoms. The van der Waals surface area contributed by atoms with Crippen LogP contribution >= 0.6 is 0 Å². The molecule has 3 aromatic rings. The number of nitro groups is 1. The van der Waals surface area contributed by atoms with Crippen LogP contribution in [0.15, 0.2) is 72.8 Å². The Morgan fingerprint density at radius 1 is 0.789 bits per heavy atom. The van der Waals surface area contributed by atoms with Gasteiger partial charge in [-0.2, -0.15) is 0 Å². The maximum Gasteiger partial charge on any atom is 0.343 e. The van der Waals surface area contributed by atoms with Crippen molar-refractivity contribution in [2.45, 2.75) is 59.4 Å². The second kappa shape index (κ2) is 16.5. The first-order valence-electron chi connectivity index (χ1n) is 13.0. The van der Waals surface area contributed by atoms with Crippen molar-refractivity contribution in [1.29, 1.82) is 0 Å². The number of unbranched alkanes of at least 4 members (excludes halogenated alkanes) is 4. The average molecular weight is 521 g/mol. The third-order valence-corrected chi connectivity index (χ3v) is 5.53. The fourth-order valence-electron chi connectivity index (χ4n) is 3.44. The molecule has 0 aromatic heterocycles. The molecule has 8 nitrogen and oxygen atoms in total. The van der Waals surface area contributed by atoms with E-state index in [-0.39, 0.29) is 18.1 Å². The van der Waals surface area contributed by atoms with Gasteiger partial charge >= 0.3 is 5.97 Å². The van der Waals surface area contributed by atoms with Crippen molar-refractivity contribution in [1.82, 2.24) is 5.32 Å². The molecule has 0 aliphatic rings. The van der Waals surface area contributed by atoms with E-state index in [0.29, 0.717) is 23.5 Å². The zero-order valence-corrected chi connectivity index (χ0v) is 22.3. The van der Waals surface area contributed by atoms with Gasteiger partial charge in [-0.15, -0.1) is 0 Å². The summed E-state index contributed by atoms with van der Waals surface area (Å²) in [4.78, 5) is 34.9. The van der Waals surface area contributed by atoms with Crippen molar-refractivity contribution in [2.24, 2.45) is 0 Å². The summed E-state index contributed by atoms with van der Waals surface area (Å²) in [5.41, 5.74) is 1.48. The van der Waals surface area contributed by atoms with Crippen LogP contribution in [0.25, 0.3) is 0 Å². The molecule has 202 valence electrons. The first-order valence-corrected chi connectivity index (χ1v) is 13.0. The van der Waals surface area contributed by atoms with Gasteiger partial charge in [0.25, 0.3) is 11.6 Å². The minimum Gasteiger partial charge on any atom is -0.494 e. The zero-order chi connectivity index (χ0) is 27.8. The van der Waals surface area contributed by atoms with Gasteiger partial charge in [0.2, 0.25) is 0 Å². The van der Waals surface area contributed by atoms with Crippen LogP contribution in [-0.2, 0) is 6.54 Å². The molecule has 3 rings (SSSR count). The van der Waals surface area contributed by atoms with Crippen LogP contribution in [0.5, 0.6) is 11.5 Å². The van der Waals surface area contributed by atoms with Crippen molar-refractivity contribution in [3.8, 4) is 11.5 Å². The van der Waals surface area contributed by atoms with Crippen LogP contribution < -0.4 is 14.8 Å². The topological polar surface area (TPSA) is 108 Å². The first kappa shape index (κ1) is 30.0. The fraction of sp³-hybridized carbons (Fsp3) is 0.333. The Balaban J connectivity index is 0.00000247. The molecular formula is C30H36N2O6. The first-order chi connectivity index (χ1) is 18.5. The molecule has 0 bridgehead atoms. The summed E-state index contributed by atoms with van der Waals surface area (Å²) in [5.74, 6) is 0.296. The molecule has 0 aliphatic carbocycles. The van der Waals surface area contributed by atoms with Crippen molar-refractivity contribution in [2.75, 3.05) is 6.61 Å². The Morgan fingerprint density at radius 3 is 1.97 bits per heavy atom. The molecule has 0 saturated carbocycles. The molecular weight excluding hydrogens is 484 g/mol. The predicted octanol–water partition coefficient (Wildman–Crippen LogP) is 7.12. The van der Waals surface area contributed by atoms with Crippen LogP contribution in [-0.4, -0.2) is 23.4 Å². The molecule has 0 unspecified atom stereocenters. The number of esters is 1. The van der Waals surface area contributed by atoms with Crippen molar-refractivity contribution < 1.29 is 24.0 Å². The smallest absolute Gasteiger partial charge is 0.343 e. The van der Waals surface area contributed by atoms with Crippen LogP contribution in [0.4, 0.5) is 5.69 Å². The summed E-state index contributed by atoms with van der Waals surface area (Å²) in [6, 6.07) is 19.1. The molecule has 1 N–H and O–H groups in total. The maximum absolute atomic E-state index is 12.4. The van der Waals surface area contributed by atoms with Gasteiger partial charge < -0.3 is 14.8 Å². The molecule has 0 saturated heterocycles. The third-order valence-electron chi connectivity index (χ3n) is 5.53. The van der Waals surface area contributed by atoms with Gasteiger partial charge in [-0.3, -0.25) is 14.9 Å². The highest BCUT2D eigenvalue weighted by Gasteiger charge is 2.11. The number of ether oxygens (including phenoxy) is 2. The number of carbonyl (C=O) groups is 2. The molecule has 8 heteroatoms. The molecule has 0 fully saturated rings. The number of carbonyl (C=O) groups excluding carboxylic acids is 2. The second-order valence-electron chi connectivity index (χ2n) is 8.31. The molecule has 3 aromatic carbocycles. The molecule has 0 atom stereocenters. The Morgan fingerprint density at radius 2 is 1.37 bits per heavy atom. The van der Waals surface area contributed by atoms with E-state index < -0.39 is 10.9 Å². The summed E-state index contributed by atoms with van der Waals surface area (Å²) in [5, 5.41) is 13.5. The summed E-state index contributed by atoms with van der Waals surface area (Å²) in [6.45, 7) is 7.10. The Hall–Kier alpha value is -4.20. The van der Waals surface area contributed by atoms with Crippen LogP contribution in [0.3, 0.4) is 0 Å². The summed E-state index contributed by atoms with van der Waals surface area (Å²) in [6.07, 6.45) is 5.86. The Kier molecular flexibility index (Phi) is 13.1. The summed E-state index contributed by atoms with van der Waals surface area (Å²) < 4.78 is 11.2. The molecule has 1 amide bonds. The van der Waals surface area contributed by atoms with Gasteiger partial charge in [0, 0.05) is 24.2 Å². The lowest BCUT2D eigenvalue weighted by molar-refractivity contribution is -0.384. The van der Waals surface area contributed by atoms with Crippen molar-refractivity contribution in [3.63, 3.8) is 0 Å². The highest BCUT2D eigenvalue weighted by Crippen LogP contribution is 2.18. The largest absolute Gasteiger partial charge is 0.494 e. The maximum atomic E-state index is 12.4. The number of nitrogens with one attached hydrogen (secondary N) is 1. The van der Waals surface area contributed by atoms with Crippen LogP contribution in [0, 0.1) is 10.1 Å². The number of hydrogen-bond acceptors (Lipinski definition) is 6. The SMILES string of the molecule is CC.CCCCCCCOc1ccc(C(=O)Oc2ccc(CNC(=O)c3ccc([N+](=O)[O-])cc3)cc2)cc1. The summed E-state index contributed by atoms with van der Waals surface area (Å²) >= 11 is 0. The monoisotopic (exact) mass is 520 g/mol. The fourth-order valence-corrected chi connectivity index (χ4v) is 3.44. The van der Waals surface area contributed by atoms with Crippen LogP contribution in [0.1, 0.15) is 79.2 Å². The number of hydrogen-bond donors (Lipinski definition) is 1. The molecule has 0 heterocycles. The average Bonchev–Trinajstić information content (AvgIpc) is 2.95. The van der Waals surface area contributed by atoms with Gasteiger partial charge in [-0.1, -0.05) is 58.6 Å². The molecule has 0 aliphatic heterocycles. The Bertz CT molecular complexity index is 1140. The third kappa shape index (κ3) is 10.0. The van der Waals surface area contributed by atoms with E-state index in [0.717, 1.165) is 24.2 Å². The van der Waals surface area contributed by atoms with Crippen molar-refractivity contribution >= 4 is 17.6 Å². The number of rotatable bonds is 13. The van der Waals surface area contributed by atoms with E-state index in [9.17, 15) is 19.7 Å². The van der Waals surface area contributed by atoms with Gasteiger partial charge in [0.05, 0.1) is 17.1 Å². The highest BCUT2D eigenvalue weighted by atomic mass is 16.6. The number of non-ortho nitro benzene ring substituents is 1. The van der Waals surface area contributed by atoms with Crippen LogP contribution in [0.2, 0.25) is 0 Å². The normalized spacial score (nSPS) is 10.1. The Labute approximate surface area is 224 Å². The minimum absolute atomic E-state index is 0.0749.